The van der Waals surface area contributed by atoms with Crippen LogP contribution in [0.2, 0.25) is 5.02 Å². The first-order valence-electron chi connectivity index (χ1n) is 13.2. The Morgan fingerprint density at radius 2 is 1.70 bits per heavy atom. The summed E-state index contributed by atoms with van der Waals surface area (Å²) < 4.78 is 34.3. The van der Waals surface area contributed by atoms with Crippen molar-refractivity contribution in [3.05, 3.63) is 88.9 Å². The van der Waals surface area contributed by atoms with Gasteiger partial charge in [0.25, 0.3) is 10.0 Å². The van der Waals surface area contributed by atoms with Crippen molar-refractivity contribution in [3.8, 4) is 5.75 Å². The fraction of sp³-hybridized carbons (Fsp3) is 0.333. The molecule has 10 heteroatoms. The van der Waals surface area contributed by atoms with Crippen molar-refractivity contribution in [1.82, 2.24) is 10.2 Å². The molecule has 0 fully saturated rings. The number of nitrogens with zero attached hydrogens (tertiary/aromatic N) is 2. The number of anilines is 1. The van der Waals surface area contributed by atoms with Crippen molar-refractivity contribution < 1.29 is 22.7 Å². The zero-order chi connectivity index (χ0) is 29.3. The molecule has 0 aliphatic heterocycles. The Morgan fingerprint density at radius 3 is 2.33 bits per heavy atom. The maximum atomic E-state index is 14.1. The molecule has 0 radical (unpaired) electrons. The van der Waals surface area contributed by atoms with Gasteiger partial charge in [0.05, 0.1) is 17.7 Å². The lowest BCUT2D eigenvalue weighted by Crippen LogP contribution is -2.52. The van der Waals surface area contributed by atoms with Gasteiger partial charge in [-0.1, -0.05) is 55.8 Å². The van der Waals surface area contributed by atoms with E-state index < -0.39 is 28.5 Å². The Kier molecular flexibility index (Phi) is 11.0. The number of rotatable bonds is 13. The van der Waals surface area contributed by atoms with E-state index in [4.69, 9.17) is 16.3 Å². The topological polar surface area (TPSA) is 96.0 Å². The number of carbonyl (C=O) groups is 2. The van der Waals surface area contributed by atoms with Gasteiger partial charge in [-0.05, 0) is 73.4 Å². The molecule has 40 heavy (non-hydrogen) atoms. The highest BCUT2D eigenvalue weighted by molar-refractivity contribution is 7.92. The van der Waals surface area contributed by atoms with Crippen LogP contribution in [-0.2, 0) is 26.2 Å². The number of halogens is 1. The first kappa shape index (κ1) is 31.0. The summed E-state index contributed by atoms with van der Waals surface area (Å²) >= 11 is 6.01. The zero-order valence-corrected chi connectivity index (χ0v) is 24.8. The first-order valence-corrected chi connectivity index (χ1v) is 15.0. The molecule has 0 aromatic heterocycles. The number of nitrogens with one attached hydrogen (secondary N) is 1. The largest absolute Gasteiger partial charge is 0.497 e. The smallest absolute Gasteiger partial charge is 0.264 e. The van der Waals surface area contributed by atoms with E-state index in [-0.39, 0.29) is 17.3 Å². The second-order valence-electron chi connectivity index (χ2n) is 9.34. The summed E-state index contributed by atoms with van der Waals surface area (Å²) in [6.07, 6.45) is 1.09. The van der Waals surface area contributed by atoms with Gasteiger partial charge in [0.15, 0.2) is 0 Å². The van der Waals surface area contributed by atoms with E-state index in [1.807, 2.05) is 19.9 Å². The SMILES string of the molecule is CCCNC(=O)[C@@H](CC)N(Cc1cccc(OC)c1)C(=O)CN(c1ccccc1C)S(=O)(=O)c1ccc(Cl)cc1. The Balaban J connectivity index is 2.07. The summed E-state index contributed by atoms with van der Waals surface area (Å²) in [6.45, 7) is 5.61. The highest BCUT2D eigenvalue weighted by atomic mass is 35.5. The fourth-order valence-electron chi connectivity index (χ4n) is 4.34. The Hall–Kier alpha value is -3.56. The van der Waals surface area contributed by atoms with Crippen molar-refractivity contribution in [2.24, 2.45) is 0 Å². The minimum atomic E-state index is -4.17. The van der Waals surface area contributed by atoms with Crippen LogP contribution in [0.5, 0.6) is 5.75 Å². The van der Waals surface area contributed by atoms with Crippen molar-refractivity contribution in [3.63, 3.8) is 0 Å². The number of carbonyl (C=O) groups excluding carboxylic acids is 2. The molecular formula is C30H36ClN3O5S. The lowest BCUT2D eigenvalue weighted by atomic mass is 10.1. The van der Waals surface area contributed by atoms with Crippen LogP contribution in [0.1, 0.15) is 37.8 Å². The Morgan fingerprint density at radius 1 is 1.00 bits per heavy atom. The Bertz CT molecular complexity index is 1410. The number of methoxy groups -OCH3 is 1. The van der Waals surface area contributed by atoms with Gasteiger partial charge in [-0.3, -0.25) is 13.9 Å². The molecule has 3 aromatic carbocycles. The normalized spacial score (nSPS) is 11.9. The highest BCUT2D eigenvalue weighted by Gasteiger charge is 2.34. The standard InChI is InChI=1S/C30H36ClN3O5S/c1-5-18-32-30(36)27(6-2)33(20-23-11-9-12-25(19-23)39-4)29(35)21-34(28-13-8-7-10-22(28)3)40(37,38)26-16-14-24(31)15-17-26/h7-17,19,27H,5-6,18,20-21H2,1-4H3,(H,32,36)/t27-/m1/s1. The van der Waals surface area contributed by atoms with Crippen LogP contribution in [0.25, 0.3) is 0 Å². The average molecular weight is 586 g/mol. The molecule has 0 unspecified atom stereocenters. The highest BCUT2D eigenvalue weighted by Crippen LogP contribution is 2.28. The molecule has 1 N–H and O–H groups in total. The van der Waals surface area contributed by atoms with Gasteiger partial charge in [-0.2, -0.15) is 0 Å². The molecule has 0 heterocycles. The van der Waals surface area contributed by atoms with Crippen molar-refractivity contribution in [2.45, 2.75) is 51.1 Å². The van der Waals surface area contributed by atoms with Crippen LogP contribution in [0, 0.1) is 6.92 Å². The molecular weight excluding hydrogens is 550 g/mol. The van der Waals surface area contributed by atoms with Gasteiger partial charge in [0, 0.05) is 18.1 Å². The molecule has 0 saturated carbocycles. The van der Waals surface area contributed by atoms with Gasteiger partial charge >= 0.3 is 0 Å². The summed E-state index contributed by atoms with van der Waals surface area (Å²) in [7, 11) is -2.61. The summed E-state index contributed by atoms with van der Waals surface area (Å²) in [4.78, 5) is 28.7. The molecule has 2 amide bonds. The maximum Gasteiger partial charge on any atom is 0.264 e. The van der Waals surface area contributed by atoms with Gasteiger partial charge in [0.2, 0.25) is 11.8 Å². The van der Waals surface area contributed by atoms with Crippen LogP contribution in [-0.4, -0.2) is 51.4 Å². The van der Waals surface area contributed by atoms with E-state index in [2.05, 4.69) is 5.32 Å². The number of hydrogen-bond donors (Lipinski definition) is 1. The second-order valence-corrected chi connectivity index (χ2v) is 11.6. The third-order valence-electron chi connectivity index (χ3n) is 6.49. The van der Waals surface area contributed by atoms with Crippen molar-refractivity contribution in [1.29, 1.82) is 0 Å². The van der Waals surface area contributed by atoms with E-state index in [0.717, 1.165) is 16.3 Å². The summed E-state index contributed by atoms with van der Waals surface area (Å²) in [5.41, 5.74) is 1.80. The Labute approximate surface area is 241 Å². The van der Waals surface area contributed by atoms with Gasteiger partial charge < -0.3 is 15.0 Å². The number of sulfonamides is 1. The third-order valence-corrected chi connectivity index (χ3v) is 8.51. The van der Waals surface area contributed by atoms with Crippen LogP contribution in [0.15, 0.2) is 77.7 Å². The molecule has 0 saturated heterocycles. The molecule has 214 valence electrons. The predicted octanol–water partition coefficient (Wildman–Crippen LogP) is 5.19. The van der Waals surface area contributed by atoms with E-state index >= 15 is 0 Å². The first-order chi connectivity index (χ1) is 19.1. The molecule has 0 aliphatic rings. The summed E-state index contributed by atoms with van der Waals surface area (Å²) in [6, 6.07) is 19.2. The molecule has 8 nitrogen and oxygen atoms in total. The average Bonchev–Trinajstić information content (AvgIpc) is 2.95. The van der Waals surface area contributed by atoms with Crippen LogP contribution >= 0.6 is 11.6 Å². The molecule has 0 bridgehead atoms. The lowest BCUT2D eigenvalue weighted by Gasteiger charge is -2.33. The van der Waals surface area contributed by atoms with Gasteiger partial charge in [-0.25, -0.2) is 8.42 Å². The van der Waals surface area contributed by atoms with Crippen molar-refractivity contribution in [2.75, 3.05) is 24.5 Å². The summed E-state index contributed by atoms with van der Waals surface area (Å²) in [5.74, 6) is -0.189. The van der Waals surface area contributed by atoms with E-state index in [9.17, 15) is 18.0 Å². The molecule has 0 aliphatic carbocycles. The fourth-order valence-corrected chi connectivity index (χ4v) is 5.95. The predicted molar refractivity (Wildman–Crippen MR) is 158 cm³/mol. The zero-order valence-electron chi connectivity index (χ0n) is 23.3. The monoisotopic (exact) mass is 585 g/mol. The minimum Gasteiger partial charge on any atom is -0.497 e. The molecule has 1 atom stereocenters. The minimum absolute atomic E-state index is 0.0000270. The van der Waals surface area contributed by atoms with Crippen LogP contribution in [0.4, 0.5) is 5.69 Å². The quantitative estimate of drug-likeness (QED) is 0.298. The third kappa shape index (κ3) is 7.55. The molecule has 0 spiro atoms. The number of para-hydroxylation sites is 1. The number of aryl methyl sites for hydroxylation is 1. The van der Waals surface area contributed by atoms with E-state index in [0.29, 0.717) is 35.0 Å². The van der Waals surface area contributed by atoms with Gasteiger partial charge in [-0.15, -0.1) is 0 Å². The number of amides is 2. The molecule has 3 rings (SSSR count). The van der Waals surface area contributed by atoms with E-state index in [1.54, 1.807) is 56.5 Å². The molecule has 3 aromatic rings. The second kappa shape index (κ2) is 14.2. The van der Waals surface area contributed by atoms with E-state index in [1.165, 1.54) is 29.2 Å². The van der Waals surface area contributed by atoms with Gasteiger partial charge in [0.1, 0.15) is 18.3 Å². The summed E-state index contributed by atoms with van der Waals surface area (Å²) in [5, 5.41) is 3.27. The number of ether oxygens (including phenoxy) is 1. The number of hydrogen-bond acceptors (Lipinski definition) is 5. The van der Waals surface area contributed by atoms with Crippen LogP contribution in [0.3, 0.4) is 0 Å². The maximum absolute atomic E-state index is 14.1. The van der Waals surface area contributed by atoms with Crippen LogP contribution < -0.4 is 14.4 Å². The number of benzene rings is 3. The lowest BCUT2D eigenvalue weighted by molar-refractivity contribution is -0.140. The van der Waals surface area contributed by atoms with Crippen molar-refractivity contribution >= 4 is 39.1 Å².